The van der Waals surface area contributed by atoms with Gasteiger partial charge in [0.1, 0.15) is 12.8 Å². The number of benzene rings is 1. The standard InChI is InChI=1S/C28H45F3OSi/c1-3-5-6-7-8-25(29)20-32-28-26(30)18-24(19-27(28)31)22-11-9-21(10-12-22)23-13-16-33(15-4-2)17-14-23/h18-19,21-23,25,33H,3-17,20H2,1-2H3/t21-,22-,23?,25-,33?/m1/s1. The van der Waals surface area contributed by atoms with Crippen LogP contribution in [-0.2, 0) is 0 Å². The first-order valence-electron chi connectivity index (χ1n) is 13.8. The second kappa shape index (κ2) is 13.8. The van der Waals surface area contributed by atoms with E-state index in [1.807, 2.05) is 0 Å². The van der Waals surface area contributed by atoms with Crippen molar-refractivity contribution >= 4 is 8.80 Å². The summed E-state index contributed by atoms with van der Waals surface area (Å²) < 4.78 is 48.6. The van der Waals surface area contributed by atoms with E-state index in [2.05, 4.69) is 13.8 Å². The van der Waals surface area contributed by atoms with Gasteiger partial charge < -0.3 is 4.74 Å². The summed E-state index contributed by atoms with van der Waals surface area (Å²) in [5.74, 6) is 0.101. The van der Waals surface area contributed by atoms with Crippen LogP contribution in [0.15, 0.2) is 12.1 Å². The van der Waals surface area contributed by atoms with Gasteiger partial charge in [-0.25, -0.2) is 13.2 Å². The number of unbranched alkanes of at least 4 members (excludes halogenated alkanes) is 3. The van der Waals surface area contributed by atoms with E-state index in [0.717, 1.165) is 55.9 Å². The molecular weight excluding hydrogens is 437 g/mol. The summed E-state index contributed by atoms with van der Waals surface area (Å²) in [6, 6.07) is 7.42. The number of rotatable bonds is 12. The van der Waals surface area contributed by atoms with Crippen LogP contribution in [0.2, 0.25) is 18.1 Å². The Kier molecular flexibility index (Phi) is 11.1. The third-order valence-electron chi connectivity index (χ3n) is 8.30. The molecule has 0 radical (unpaired) electrons. The lowest BCUT2D eigenvalue weighted by atomic mass is 9.72. The second-order valence-electron chi connectivity index (χ2n) is 10.8. The van der Waals surface area contributed by atoms with Crippen molar-refractivity contribution in [2.24, 2.45) is 11.8 Å². The highest BCUT2D eigenvalue weighted by atomic mass is 28.3. The zero-order valence-corrected chi connectivity index (χ0v) is 22.1. The Labute approximate surface area is 201 Å². The van der Waals surface area contributed by atoms with Crippen molar-refractivity contribution in [2.75, 3.05) is 6.61 Å². The van der Waals surface area contributed by atoms with Gasteiger partial charge in [0.2, 0.25) is 0 Å². The summed E-state index contributed by atoms with van der Waals surface area (Å²) in [4.78, 5) is 0. The monoisotopic (exact) mass is 482 g/mol. The summed E-state index contributed by atoms with van der Waals surface area (Å²) in [5, 5.41) is 0. The fourth-order valence-corrected chi connectivity index (χ4v) is 9.76. The van der Waals surface area contributed by atoms with Crippen LogP contribution in [0.3, 0.4) is 0 Å². The highest BCUT2D eigenvalue weighted by Gasteiger charge is 2.32. The fourth-order valence-electron chi connectivity index (χ4n) is 6.28. The highest BCUT2D eigenvalue weighted by molar-refractivity contribution is 6.58. The molecule has 188 valence electrons. The summed E-state index contributed by atoms with van der Waals surface area (Å²) in [6.45, 7) is 4.14. The topological polar surface area (TPSA) is 9.23 Å². The average Bonchev–Trinajstić information content (AvgIpc) is 2.82. The SMILES string of the molecule is CCCCCC[C@@H](F)COc1c(F)cc([C@H]2CC[C@H](C3CC[SiH](CCC)CC3)CC2)cc1F. The molecule has 1 heterocycles. The maximum absolute atomic E-state index is 14.7. The van der Waals surface area contributed by atoms with Crippen LogP contribution in [0.5, 0.6) is 5.75 Å². The van der Waals surface area contributed by atoms with Crippen LogP contribution in [0, 0.1) is 23.5 Å². The molecule has 0 spiro atoms. The lowest BCUT2D eigenvalue weighted by molar-refractivity contribution is 0.173. The van der Waals surface area contributed by atoms with Gasteiger partial charge in [0.15, 0.2) is 17.4 Å². The molecular formula is C28H45F3OSi. The van der Waals surface area contributed by atoms with Gasteiger partial charge in [-0.1, -0.05) is 76.9 Å². The van der Waals surface area contributed by atoms with Crippen molar-refractivity contribution in [3.8, 4) is 5.75 Å². The number of alkyl halides is 1. The Balaban J connectivity index is 1.46. The van der Waals surface area contributed by atoms with E-state index in [4.69, 9.17) is 4.74 Å². The molecule has 2 aliphatic rings. The number of ether oxygens (including phenoxy) is 1. The van der Waals surface area contributed by atoms with Crippen LogP contribution >= 0.6 is 0 Å². The van der Waals surface area contributed by atoms with Crippen LogP contribution in [0.1, 0.15) is 102 Å². The minimum absolute atomic E-state index is 0.220. The molecule has 1 saturated carbocycles. The molecule has 1 aliphatic heterocycles. The largest absolute Gasteiger partial charge is 0.485 e. The number of halogens is 3. The summed E-state index contributed by atoms with van der Waals surface area (Å²) >= 11 is 0. The zero-order valence-electron chi connectivity index (χ0n) is 20.9. The van der Waals surface area contributed by atoms with Crippen molar-refractivity contribution in [1.82, 2.24) is 0 Å². The molecule has 1 aliphatic carbocycles. The molecule has 3 rings (SSSR count). The molecule has 1 atom stereocenters. The fraction of sp³-hybridized carbons (Fsp3) is 0.786. The van der Waals surface area contributed by atoms with Crippen LogP contribution < -0.4 is 4.74 Å². The predicted octanol–water partition coefficient (Wildman–Crippen LogP) is 8.97. The molecule has 0 amide bonds. The number of hydrogen-bond acceptors (Lipinski definition) is 1. The van der Waals surface area contributed by atoms with Gasteiger partial charge in [-0.2, -0.15) is 0 Å². The molecule has 0 unspecified atom stereocenters. The zero-order chi connectivity index (χ0) is 23.6. The molecule has 1 aromatic rings. The van der Waals surface area contributed by atoms with Crippen molar-refractivity contribution in [1.29, 1.82) is 0 Å². The van der Waals surface area contributed by atoms with Gasteiger partial charge in [-0.05, 0) is 67.6 Å². The smallest absolute Gasteiger partial charge is 0.190 e. The minimum Gasteiger partial charge on any atom is -0.485 e. The molecule has 1 aromatic carbocycles. The summed E-state index contributed by atoms with van der Waals surface area (Å²) in [5.41, 5.74) is 0.742. The maximum atomic E-state index is 14.7. The Hall–Kier alpha value is -0.973. The van der Waals surface area contributed by atoms with Crippen LogP contribution in [0.25, 0.3) is 0 Å². The van der Waals surface area contributed by atoms with Crippen molar-refractivity contribution in [3.05, 3.63) is 29.3 Å². The Bertz CT molecular complexity index is 673. The van der Waals surface area contributed by atoms with Crippen molar-refractivity contribution in [3.63, 3.8) is 0 Å². The van der Waals surface area contributed by atoms with E-state index in [0.29, 0.717) is 6.42 Å². The molecule has 0 bridgehead atoms. The lowest BCUT2D eigenvalue weighted by Gasteiger charge is -2.37. The van der Waals surface area contributed by atoms with E-state index in [9.17, 15) is 13.2 Å². The normalized spacial score (nSPS) is 26.8. The van der Waals surface area contributed by atoms with Gasteiger partial charge in [0.25, 0.3) is 0 Å². The van der Waals surface area contributed by atoms with E-state index >= 15 is 0 Å². The molecule has 0 N–H and O–H groups in total. The minimum atomic E-state index is -1.18. The summed E-state index contributed by atoms with van der Waals surface area (Å²) in [7, 11) is -0.437. The van der Waals surface area contributed by atoms with E-state index in [1.54, 1.807) is 0 Å². The Morgan fingerprint density at radius 1 is 0.879 bits per heavy atom. The van der Waals surface area contributed by atoms with Gasteiger partial charge in [-0.15, -0.1) is 0 Å². The molecule has 33 heavy (non-hydrogen) atoms. The third kappa shape index (κ3) is 8.04. The quantitative estimate of drug-likeness (QED) is 0.213. The maximum Gasteiger partial charge on any atom is 0.190 e. The first-order chi connectivity index (χ1) is 16.0. The Morgan fingerprint density at radius 2 is 1.52 bits per heavy atom. The van der Waals surface area contributed by atoms with Gasteiger partial charge >= 0.3 is 0 Å². The first-order valence-corrected chi connectivity index (χ1v) is 16.2. The molecule has 0 aromatic heterocycles. The molecule has 1 nitrogen and oxygen atoms in total. The number of hydrogen-bond donors (Lipinski definition) is 0. The van der Waals surface area contributed by atoms with Gasteiger partial charge in [-0.3, -0.25) is 0 Å². The molecule has 1 saturated heterocycles. The van der Waals surface area contributed by atoms with Gasteiger partial charge in [0, 0.05) is 8.80 Å². The van der Waals surface area contributed by atoms with Crippen molar-refractivity contribution < 1.29 is 17.9 Å². The van der Waals surface area contributed by atoms with Crippen LogP contribution in [0.4, 0.5) is 13.2 Å². The van der Waals surface area contributed by atoms with Crippen molar-refractivity contribution in [2.45, 2.75) is 121 Å². The predicted molar refractivity (Wildman–Crippen MR) is 135 cm³/mol. The van der Waals surface area contributed by atoms with E-state index in [1.165, 1.54) is 62.4 Å². The highest BCUT2D eigenvalue weighted by Crippen LogP contribution is 2.44. The molecule has 2 fully saturated rings. The second-order valence-corrected chi connectivity index (χ2v) is 14.2. The van der Waals surface area contributed by atoms with Crippen LogP contribution in [-0.4, -0.2) is 21.6 Å². The lowest BCUT2D eigenvalue weighted by Crippen LogP contribution is -2.28. The third-order valence-corrected chi connectivity index (χ3v) is 12.0. The Morgan fingerprint density at radius 3 is 2.12 bits per heavy atom. The van der Waals surface area contributed by atoms with E-state index in [-0.39, 0.29) is 12.5 Å². The average molecular weight is 483 g/mol. The first kappa shape index (κ1) is 26.6. The molecule has 5 heteroatoms. The van der Waals surface area contributed by atoms with E-state index < -0.39 is 32.4 Å². The summed E-state index contributed by atoms with van der Waals surface area (Å²) in [6.07, 6.45) is 11.7. The van der Waals surface area contributed by atoms with Gasteiger partial charge in [0.05, 0.1) is 0 Å².